The summed E-state index contributed by atoms with van der Waals surface area (Å²) in [6, 6.07) is 5.15. The molecule has 3 nitrogen and oxygen atoms in total. The minimum atomic E-state index is -0.418. The molecule has 0 aromatic heterocycles. The maximum Gasteiger partial charge on any atom is 0.308 e. The van der Waals surface area contributed by atoms with E-state index < -0.39 is 5.97 Å². The van der Waals surface area contributed by atoms with Crippen molar-refractivity contribution < 1.29 is 14.3 Å². The number of carbonyl (C=O) groups is 2. The summed E-state index contributed by atoms with van der Waals surface area (Å²) in [5.41, 5.74) is 1.39. The van der Waals surface area contributed by atoms with E-state index in [4.69, 9.17) is 4.74 Å². The second kappa shape index (κ2) is 4.05. The van der Waals surface area contributed by atoms with Crippen LogP contribution in [0.3, 0.4) is 0 Å². The van der Waals surface area contributed by atoms with Gasteiger partial charge in [-0.05, 0) is 31.5 Å². The zero-order valence-electron chi connectivity index (χ0n) is 8.46. The lowest BCUT2D eigenvalue weighted by Gasteiger charge is -2.06. The van der Waals surface area contributed by atoms with Crippen molar-refractivity contribution in [3.63, 3.8) is 0 Å². The van der Waals surface area contributed by atoms with Crippen molar-refractivity contribution in [2.24, 2.45) is 0 Å². The molecule has 0 spiro atoms. The summed E-state index contributed by atoms with van der Waals surface area (Å²) in [5.74, 6) is -0.190. The second-order valence-electron chi connectivity index (χ2n) is 3.15. The minimum Gasteiger partial charge on any atom is -0.426 e. The summed E-state index contributed by atoms with van der Waals surface area (Å²) in [4.78, 5) is 21.9. The number of hydrogen-bond donors (Lipinski definition) is 0. The third-order valence-corrected chi connectivity index (χ3v) is 1.77. The average molecular weight is 192 g/mol. The van der Waals surface area contributed by atoms with E-state index in [1.807, 2.05) is 13.0 Å². The molecule has 14 heavy (non-hydrogen) atoms. The van der Waals surface area contributed by atoms with Crippen molar-refractivity contribution in [2.45, 2.75) is 20.8 Å². The van der Waals surface area contributed by atoms with Crippen molar-refractivity contribution in [2.75, 3.05) is 0 Å². The number of carbonyl (C=O) groups excluding carboxylic acids is 2. The number of hydrogen-bond acceptors (Lipinski definition) is 3. The van der Waals surface area contributed by atoms with E-state index in [0.29, 0.717) is 11.3 Å². The largest absolute Gasteiger partial charge is 0.426 e. The Morgan fingerprint density at radius 2 is 1.86 bits per heavy atom. The Hall–Kier alpha value is -1.64. The zero-order chi connectivity index (χ0) is 10.7. The SMILES string of the molecule is CC(=O)Oc1cc(C)ccc1C(C)=O. The Morgan fingerprint density at radius 1 is 1.21 bits per heavy atom. The predicted molar refractivity (Wildman–Crippen MR) is 52.5 cm³/mol. The summed E-state index contributed by atoms with van der Waals surface area (Å²) in [6.07, 6.45) is 0. The molecule has 0 amide bonds. The van der Waals surface area contributed by atoms with Gasteiger partial charge < -0.3 is 4.74 Å². The molecule has 1 aromatic carbocycles. The van der Waals surface area contributed by atoms with Crippen LogP contribution in [0.1, 0.15) is 29.8 Å². The van der Waals surface area contributed by atoms with Crippen molar-refractivity contribution in [3.8, 4) is 5.75 Å². The third-order valence-electron chi connectivity index (χ3n) is 1.77. The van der Waals surface area contributed by atoms with Gasteiger partial charge in [-0.1, -0.05) is 6.07 Å². The number of esters is 1. The fraction of sp³-hybridized carbons (Fsp3) is 0.273. The lowest BCUT2D eigenvalue weighted by atomic mass is 10.1. The molecule has 0 bridgehead atoms. The predicted octanol–water partition coefficient (Wildman–Crippen LogP) is 2.12. The molecule has 0 fully saturated rings. The number of ketones is 1. The molecule has 0 saturated carbocycles. The van der Waals surface area contributed by atoms with E-state index in [-0.39, 0.29) is 5.78 Å². The van der Waals surface area contributed by atoms with Crippen LogP contribution >= 0.6 is 0 Å². The highest BCUT2D eigenvalue weighted by Gasteiger charge is 2.09. The van der Waals surface area contributed by atoms with Gasteiger partial charge >= 0.3 is 5.97 Å². The number of Topliss-reactive ketones (excluding diaryl/α,β-unsaturated/α-hetero) is 1. The van der Waals surface area contributed by atoms with Gasteiger partial charge in [0, 0.05) is 6.92 Å². The molecule has 1 aromatic rings. The zero-order valence-corrected chi connectivity index (χ0v) is 8.46. The monoisotopic (exact) mass is 192 g/mol. The van der Waals surface area contributed by atoms with Crippen LogP contribution in [0.4, 0.5) is 0 Å². The van der Waals surface area contributed by atoms with Crippen LogP contribution in [0.5, 0.6) is 5.75 Å². The molecule has 0 unspecified atom stereocenters. The molecule has 3 heteroatoms. The quantitative estimate of drug-likeness (QED) is 0.409. The fourth-order valence-corrected chi connectivity index (χ4v) is 1.16. The topological polar surface area (TPSA) is 43.4 Å². The van der Waals surface area contributed by atoms with E-state index in [1.165, 1.54) is 13.8 Å². The number of rotatable bonds is 2. The van der Waals surface area contributed by atoms with Crippen LogP contribution < -0.4 is 4.74 Å². The highest BCUT2D eigenvalue weighted by atomic mass is 16.5. The highest BCUT2D eigenvalue weighted by molar-refractivity contribution is 5.97. The van der Waals surface area contributed by atoms with Gasteiger partial charge in [-0.3, -0.25) is 9.59 Å². The summed E-state index contributed by atoms with van der Waals surface area (Å²) >= 11 is 0. The molecular weight excluding hydrogens is 180 g/mol. The van der Waals surface area contributed by atoms with Gasteiger partial charge in [0.05, 0.1) is 5.56 Å². The lowest BCUT2D eigenvalue weighted by molar-refractivity contribution is -0.131. The van der Waals surface area contributed by atoms with Crippen LogP contribution in [-0.2, 0) is 4.79 Å². The van der Waals surface area contributed by atoms with E-state index in [9.17, 15) is 9.59 Å². The van der Waals surface area contributed by atoms with Crippen LogP contribution in [0.25, 0.3) is 0 Å². The minimum absolute atomic E-state index is 0.110. The van der Waals surface area contributed by atoms with Gasteiger partial charge in [-0.15, -0.1) is 0 Å². The molecule has 0 saturated heterocycles. The second-order valence-corrected chi connectivity index (χ2v) is 3.15. The van der Waals surface area contributed by atoms with Crippen molar-refractivity contribution in [3.05, 3.63) is 29.3 Å². The Morgan fingerprint density at radius 3 is 2.36 bits per heavy atom. The first-order valence-electron chi connectivity index (χ1n) is 4.30. The first-order chi connectivity index (χ1) is 6.50. The highest BCUT2D eigenvalue weighted by Crippen LogP contribution is 2.20. The van der Waals surface area contributed by atoms with Gasteiger partial charge in [-0.2, -0.15) is 0 Å². The van der Waals surface area contributed by atoms with Crippen LogP contribution in [-0.4, -0.2) is 11.8 Å². The van der Waals surface area contributed by atoms with Gasteiger partial charge in [0.1, 0.15) is 5.75 Å². The van der Waals surface area contributed by atoms with E-state index in [2.05, 4.69) is 0 Å². The van der Waals surface area contributed by atoms with E-state index >= 15 is 0 Å². The standard InChI is InChI=1S/C11H12O3/c1-7-4-5-10(8(2)12)11(6-7)14-9(3)13/h4-6H,1-3H3. The first kappa shape index (κ1) is 10.4. The van der Waals surface area contributed by atoms with E-state index in [0.717, 1.165) is 5.56 Å². The number of aryl methyl sites for hydroxylation is 1. The molecule has 0 aliphatic heterocycles. The molecule has 0 atom stereocenters. The Kier molecular flexibility index (Phi) is 3.02. The average Bonchev–Trinajstić information content (AvgIpc) is 2.01. The van der Waals surface area contributed by atoms with Gasteiger partial charge in [0.15, 0.2) is 5.78 Å². The molecule has 1 rings (SSSR count). The van der Waals surface area contributed by atoms with Crippen molar-refractivity contribution in [1.82, 2.24) is 0 Å². The van der Waals surface area contributed by atoms with Crippen molar-refractivity contribution >= 4 is 11.8 Å². The maximum atomic E-state index is 11.2. The molecular formula is C11H12O3. The summed E-state index contributed by atoms with van der Waals surface area (Å²) in [5, 5.41) is 0. The molecule has 0 aliphatic carbocycles. The normalized spacial score (nSPS) is 9.64. The molecule has 0 radical (unpaired) electrons. The molecule has 74 valence electrons. The smallest absolute Gasteiger partial charge is 0.308 e. The Bertz CT molecular complexity index is 380. The van der Waals surface area contributed by atoms with Gasteiger partial charge in [0.2, 0.25) is 0 Å². The molecule has 0 aliphatic rings. The fourth-order valence-electron chi connectivity index (χ4n) is 1.16. The summed E-state index contributed by atoms with van der Waals surface area (Å²) in [6.45, 7) is 4.63. The number of ether oxygens (including phenoxy) is 1. The molecule has 0 heterocycles. The van der Waals surface area contributed by atoms with Gasteiger partial charge in [-0.25, -0.2) is 0 Å². The van der Waals surface area contributed by atoms with Crippen LogP contribution in [0.2, 0.25) is 0 Å². The van der Waals surface area contributed by atoms with E-state index in [1.54, 1.807) is 12.1 Å². The van der Waals surface area contributed by atoms with Crippen LogP contribution in [0, 0.1) is 6.92 Å². The maximum absolute atomic E-state index is 11.2. The summed E-state index contributed by atoms with van der Waals surface area (Å²) in [7, 11) is 0. The Balaban J connectivity index is 3.15. The first-order valence-corrected chi connectivity index (χ1v) is 4.30. The molecule has 0 N–H and O–H groups in total. The van der Waals surface area contributed by atoms with Gasteiger partial charge in [0.25, 0.3) is 0 Å². The number of benzene rings is 1. The lowest BCUT2D eigenvalue weighted by Crippen LogP contribution is -2.06. The van der Waals surface area contributed by atoms with Crippen LogP contribution in [0.15, 0.2) is 18.2 Å². The summed E-state index contributed by atoms with van der Waals surface area (Å²) < 4.78 is 4.93. The Labute approximate surface area is 82.7 Å². The van der Waals surface area contributed by atoms with Crippen molar-refractivity contribution in [1.29, 1.82) is 0 Å². The third kappa shape index (κ3) is 2.42.